The molecule has 0 bridgehead atoms. The lowest BCUT2D eigenvalue weighted by atomic mass is 10.1. The highest BCUT2D eigenvalue weighted by Crippen LogP contribution is 2.32. The maximum absolute atomic E-state index is 9.99. The van der Waals surface area contributed by atoms with E-state index in [1.54, 1.807) is 0 Å². The van der Waals surface area contributed by atoms with Gasteiger partial charge >= 0.3 is 0 Å². The Balaban J connectivity index is 2.21. The van der Waals surface area contributed by atoms with Gasteiger partial charge in [0.2, 0.25) is 0 Å². The van der Waals surface area contributed by atoms with Crippen molar-refractivity contribution in [2.24, 2.45) is 0 Å². The van der Waals surface area contributed by atoms with Crippen molar-refractivity contribution in [2.75, 3.05) is 5.32 Å². The van der Waals surface area contributed by atoms with Crippen LogP contribution >= 0.6 is 43.5 Å². The van der Waals surface area contributed by atoms with E-state index >= 15 is 0 Å². The molecule has 0 heterocycles. The van der Waals surface area contributed by atoms with Crippen LogP contribution in [0.2, 0.25) is 5.02 Å². The summed E-state index contributed by atoms with van der Waals surface area (Å²) in [7, 11) is 0. The van der Waals surface area contributed by atoms with Gasteiger partial charge in [0.15, 0.2) is 0 Å². The van der Waals surface area contributed by atoms with Gasteiger partial charge in [-0.25, -0.2) is 0 Å². The van der Waals surface area contributed by atoms with Crippen LogP contribution < -0.4 is 5.32 Å². The molecule has 0 aromatic heterocycles. The number of anilines is 1. The summed E-state index contributed by atoms with van der Waals surface area (Å²) in [6.45, 7) is 2.48. The Morgan fingerprint density at radius 2 is 2.00 bits per heavy atom. The molecule has 0 spiro atoms. The third-order valence-corrected chi connectivity index (χ3v) is 4.32. The molecule has 0 saturated carbocycles. The van der Waals surface area contributed by atoms with E-state index in [2.05, 4.69) is 37.2 Å². The van der Waals surface area contributed by atoms with E-state index in [1.807, 2.05) is 37.3 Å². The van der Waals surface area contributed by atoms with Crippen LogP contribution in [0.25, 0.3) is 0 Å². The van der Waals surface area contributed by atoms with Crippen molar-refractivity contribution >= 4 is 49.1 Å². The van der Waals surface area contributed by atoms with Gasteiger partial charge in [0.05, 0.1) is 4.47 Å². The lowest BCUT2D eigenvalue weighted by molar-refractivity contribution is 0.465. The monoisotopic (exact) mass is 403 g/mol. The van der Waals surface area contributed by atoms with Crippen molar-refractivity contribution in [3.05, 3.63) is 55.4 Å². The third-order valence-electron chi connectivity index (χ3n) is 2.84. The van der Waals surface area contributed by atoms with Crippen molar-refractivity contribution in [3.8, 4) is 5.75 Å². The molecule has 19 heavy (non-hydrogen) atoms. The largest absolute Gasteiger partial charge is 0.506 e. The van der Waals surface area contributed by atoms with E-state index in [9.17, 15) is 5.11 Å². The topological polar surface area (TPSA) is 32.3 Å². The van der Waals surface area contributed by atoms with Gasteiger partial charge in [0.25, 0.3) is 0 Å². The fraction of sp³-hybridized carbons (Fsp3) is 0.143. The molecule has 0 atom stereocenters. The summed E-state index contributed by atoms with van der Waals surface area (Å²) in [6, 6.07) is 9.41. The predicted molar refractivity (Wildman–Crippen MR) is 87.0 cm³/mol. The molecule has 0 aliphatic rings. The zero-order valence-electron chi connectivity index (χ0n) is 10.2. The summed E-state index contributed by atoms with van der Waals surface area (Å²) in [5.41, 5.74) is 2.77. The van der Waals surface area contributed by atoms with Crippen LogP contribution in [0.4, 0.5) is 5.69 Å². The minimum Gasteiger partial charge on any atom is -0.506 e. The van der Waals surface area contributed by atoms with Gasteiger partial charge < -0.3 is 10.4 Å². The second-order valence-electron chi connectivity index (χ2n) is 4.16. The zero-order chi connectivity index (χ0) is 14.0. The Kier molecular flexibility index (Phi) is 4.76. The molecule has 0 fully saturated rings. The molecular weight excluding hydrogens is 393 g/mol. The van der Waals surface area contributed by atoms with E-state index in [1.165, 1.54) is 0 Å². The number of nitrogens with one attached hydrogen (secondary N) is 1. The van der Waals surface area contributed by atoms with Gasteiger partial charge in [-0.15, -0.1) is 0 Å². The highest BCUT2D eigenvalue weighted by molar-refractivity contribution is 9.11. The smallest absolute Gasteiger partial charge is 0.134 e. The normalized spacial score (nSPS) is 10.5. The van der Waals surface area contributed by atoms with Gasteiger partial charge in [0.1, 0.15) is 5.75 Å². The molecule has 2 nitrogen and oxygen atoms in total. The molecule has 2 aromatic rings. The zero-order valence-corrected chi connectivity index (χ0v) is 14.1. The third kappa shape index (κ3) is 3.44. The van der Waals surface area contributed by atoms with E-state index < -0.39 is 0 Å². The Hall–Kier alpha value is -0.710. The average Bonchev–Trinajstić information content (AvgIpc) is 2.36. The molecule has 0 saturated heterocycles. The Morgan fingerprint density at radius 1 is 1.26 bits per heavy atom. The molecule has 5 heteroatoms. The molecule has 0 amide bonds. The van der Waals surface area contributed by atoms with E-state index in [0.29, 0.717) is 11.0 Å². The molecule has 0 aliphatic heterocycles. The molecular formula is C14H12Br2ClNO. The van der Waals surface area contributed by atoms with Gasteiger partial charge in [-0.3, -0.25) is 0 Å². The summed E-state index contributed by atoms with van der Waals surface area (Å²) < 4.78 is 1.58. The molecule has 2 N–H and O–H groups in total. The number of phenols is 1. The number of hydrogen-bond donors (Lipinski definition) is 2. The quantitative estimate of drug-likeness (QED) is 0.708. The minimum absolute atomic E-state index is 0.246. The highest BCUT2D eigenvalue weighted by atomic mass is 79.9. The fourth-order valence-corrected chi connectivity index (χ4v) is 3.23. The van der Waals surface area contributed by atoms with Crippen molar-refractivity contribution in [1.82, 2.24) is 0 Å². The summed E-state index contributed by atoms with van der Waals surface area (Å²) in [4.78, 5) is 0. The Morgan fingerprint density at radius 3 is 2.74 bits per heavy atom. The second-order valence-corrected chi connectivity index (χ2v) is 6.34. The standard InChI is InChI=1S/C14H12Br2ClNO/c1-8-12(17)3-2-4-13(8)18-7-9-5-10(15)6-11(16)14(9)19/h2-6,18-19H,7H2,1H3. The first kappa shape index (κ1) is 14.7. The SMILES string of the molecule is Cc1c(Cl)cccc1NCc1cc(Br)cc(Br)c1O. The Labute approximate surface area is 134 Å². The van der Waals surface area contributed by atoms with Gasteiger partial charge in [-0.2, -0.15) is 0 Å². The van der Waals surface area contributed by atoms with Crippen LogP contribution in [0.5, 0.6) is 5.75 Å². The fourth-order valence-electron chi connectivity index (χ4n) is 1.74. The summed E-state index contributed by atoms with van der Waals surface area (Å²) >= 11 is 12.8. The molecule has 100 valence electrons. The first-order valence-electron chi connectivity index (χ1n) is 5.65. The van der Waals surface area contributed by atoms with Crippen LogP contribution in [-0.4, -0.2) is 5.11 Å². The van der Waals surface area contributed by atoms with Crippen molar-refractivity contribution in [1.29, 1.82) is 0 Å². The van der Waals surface area contributed by atoms with Crippen LogP contribution in [0, 0.1) is 6.92 Å². The van der Waals surface area contributed by atoms with E-state index in [-0.39, 0.29) is 5.75 Å². The van der Waals surface area contributed by atoms with Crippen LogP contribution in [0.15, 0.2) is 39.3 Å². The first-order valence-corrected chi connectivity index (χ1v) is 7.61. The number of hydrogen-bond acceptors (Lipinski definition) is 2. The molecule has 0 radical (unpaired) electrons. The van der Waals surface area contributed by atoms with Crippen LogP contribution in [0.3, 0.4) is 0 Å². The second kappa shape index (κ2) is 6.16. The number of phenolic OH excluding ortho intramolecular Hbond substituents is 1. The molecule has 2 aromatic carbocycles. The molecule has 0 unspecified atom stereocenters. The number of rotatable bonds is 3. The van der Waals surface area contributed by atoms with Crippen molar-refractivity contribution in [3.63, 3.8) is 0 Å². The van der Waals surface area contributed by atoms with Gasteiger partial charge in [-0.1, -0.05) is 33.6 Å². The van der Waals surface area contributed by atoms with E-state index in [0.717, 1.165) is 26.3 Å². The first-order chi connectivity index (χ1) is 8.99. The lowest BCUT2D eigenvalue weighted by Crippen LogP contribution is -2.01. The maximum Gasteiger partial charge on any atom is 0.134 e. The van der Waals surface area contributed by atoms with Crippen LogP contribution in [0.1, 0.15) is 11.1 Å². The van der Waals surface area contributed by atoms with E-state index in [4.69, 9.17) is 11.6 Å². The average molecular weight is 406 g/mol. The van der Waals surface area contributed by atoms with Gasteiger partial charge in [0, 0.05) is 27.3 Å². The Bertz CT molecular complexity index is 617. The maximum atomic E-state index is 9.99. The van der Waals surface area contributed by atoms with Crippen molar-refractivity contribution < 1.29 is 5.11 Å². The summed E-state index contributed by atoms with van der Waals surface area (Å²) in [6.07, 6.45) is 0. The lowest BCUT2D eigenvalue weighted by Gasteiger charge is -2.12. The number of halogens is 3. The predicted octanol–water partition coefficient (Wildman–Crippen LogP) is 5.49. The summed E-state index contributed by atoms with van der Waals surface area (Å²) in [5.74, 6) is 0.246. The molecule has 2 rings (SSSR count). The molecule has 0 aliphatic carbocycles. The van der Waals surface area contributed by atoms with Crippen molar-refractivity contribution in [2.45, 2.75) is 13.5 Å². The number of benzene rings is 2. The highest BCUT2D eigenvalue weighted by Gasteiger charge is 2.08. The van der Waals surface area contributed by atoms with Crippen LogP contribution in [-0.2, 0) is 6.54 Å². The number of aromatic hydroxyl groups is 1. The minimum atomic E-state index is 0.246. The summed E-state index contributed by atoms with van der Waals surface area (Å²) in [5, 5.41) is 14.0. The van der Waals surface area contributed by atoms with Gasteiger partial charge in [-0.05, 0) is 52.7 Å².